The van der Waals surface area contributed by atoms with Crippen molar-refractivity contribution in [3.63, 3.8) is 0 Å². The van der Waals surface area contributed by atoms with Crippen LogP contribution in [0.3, 0.4) is 0 Å². The molecule has 1 N–H and O–H groups in total. The number of ether oxygens (including phenoxy) is 1. The van der Waals surface area contributed by atoms with Crippen LogP contribution in [0, 0.1) is 0 Å². The Morgan fingerprint density at radius 2 is 1.56 bits per heavy atom. The maximum atomic E-state index is 12.6. The zero-order chi connectivity index (χ0) is 19.2. The molecule has 0 saturated carbocycles. The van der Waals surface area contributed by atoms with E-state index >= 15 is 0 Å². The third-order valence-electron chi connectivity index (χ3n) is 3.86. The molecule has 6 nitrogen and oxygen atoms in total. The normalized spacial score (nSPS) is 11.5. The van der Waals surface area contributed by atoms with Gasteiger partial charge in [0.25, 0.3) is 11.9 Å². The summed E-state index contributed by atoms with van der Waals surface area (Å²) in [6.07, 6.45) is 0. The summed E-state index contributed by atoms with van der Waals surface area (Å²) in [6, 6.07) is 20.4. The van der Waals surface area contributed by atoms with Crippen LogP contribution in [-0.4, -0.2) is 30.8 Å². The Morgan fingerprint density at radius 3 is 2.19 bits per heavy atom. The van der Waals surface area contributed by atoms with E-state index in [1.165, 1.54) is 11.0 Å². The number of nitrogens with zero attached hydrogens (tertiary/aromatic N) is 1. The number of amides is 2. The van der Waals surface area contributed by atoms with Crippen LogP contribution in [0.1, 0.15) is 22.2 Å². The second-order valence-electron chi connectivity index (χ2n) is 6.08. The van der Waals surface area contributed by atoms with Crippen molar-refractivity contribution in [2.45, 2.75) is 6.04 Å². The van der Waals surface area contributed by atoms with E-state index in [9.17, 15) is 9.59 Å². The molecule has 0 aliphatic heterocycles. The van der Waals surface area contributed by atoms with Crippen LogP contribution in [0.4, 0.5) is 0 Å². The Labute approximate surface area is 157 Å². The number of hydrogen-bond donors (Lipinski definition) is 1. The van der Waals surface area contributed by atoms with E-state index in [-0.39, 0.29) is 17.6 Å². The van der Waals surface area contributed by atoms with Crippen LogP contribution in [-0.2, 0) is 4.79 Å². The molecule has 0 aliphatic carbocycles. The molecule has 6 heteroatoms. The van der Waals surface area contributed by atoms with Crippen molar-refractivity contribution in [1.82, 2.24) is 10.2 Å². The minimum absolute atomic E-state index is 0.0634. The van der Waals surface area contributed by atoms with Crippen LogP contribution in [0.2, 0.25) is 0 Å². The topological polar surface area (TPSA) is 71.8 Å². The Kier molecular flexibility index (Phi) is 5.56. The fourth-order valence-corrected chi connectivity index (χ4v) is 2.50. The molecule has 138 valence electrons. The molecule has 1 atom stereocenters. The second-order valence-corrected chi connectivity index (χ2v) is 6.08. The SMILES string of the molecule is CN(C)C(=O)[C@@H](NC(=O)c1ccc(Oc2ccccc2)o1)c1ccccc1. The first-order valence-electron chi connectivity index (χ1n) is 8.44. The van der Waals surface area contributed by atoms with Gasteiger partial charge in [0.15, 0.2) is 5.76 Å². The van der Waals surface area contributed by atoms with Gasteiger partial charge in [0.05, 0.1) is 0 Å². The van der Waals surface area contributed by atoms with Crippen molar-refractivity contribution in [3.8, 4) is 11.7 Å². The maximum absolute atomic E-state index is 12.6. The van der Waals surface area contributed by atoms with E-state index in [1.54, 1.807) is 44.4 Å². The van der Waals surface area contributed by atoms with Crippen LogP contribution in [0.25, 0.3) is 0 Å². The van der Waals surface area contributed by atoms with Crippen LogP contribution >= 0.6 is 0 Å². The highest BCUT2D eigenvalue weighted by atomic mass is 16.6. The van der Waals surface area contributed by atoms with E-state index < -0.39 is 11.9 Å². The minimum Gasteiger partial charge on any atom is -0.426 e. The number of para-hydroxylation sites is 1. The third-order valence-corrected chi connectivity index (χ3v) is 3.86. The van der Waals surface area contributed by atoms with E-state index in [4.69, 9.17) is 9.15 Å². The second kappa shape index (κ2) is 8.23. The number of hydrogen-bond acceptors (Lipinski definition) is 4. The number of likely N-dealkylation sites (N-methyl/N-ethyl adjacent to an activating group) is 1. The van der Waals surface area contributed by atoms with Gasteiger partial charge < -0.3 is 19.4 Å². The first kappa shape index (κ1) is 18.3. The molecule has 27 heavy (non-hydrogen) atoms. The fraction of sp³-hybridized carbons (Fsp3) is 0.143. The highest BCUT2D eigenvalue weighted by Gasteiger charge is 2.26. The van der Waals surface area contributed by atoms with E-state index in [0.717, 1.165) is 0 Å². The third kappa shape index (κ3) is 4.55. The Hall–Kier alpha value is -3.54. The van der Waals surface area contributed by atoms with Gasteiger partial charge in [-0.25, -0.2) is 0 Å². The lowest BCUT2D eigenvalue weighted by atomic mass is 10.1. The number of nitrogens with one attached hydrogen (secondary N) is 1. The van der Waals surface area contributed by atoms with Gasteiger partial charge in [0, 0.05) is 20.2 Å². The number of rotatable bonds is 6. The van der Waals surface area contributed by atoms with Crippen molar-refractivity contribution in [1.29, 1.82) is 0 Å². The number of carbonyl (C=O) groups is 2. The number of carbonyl (C=O) groups excluding carboxylic acids is 2. The monoisotopic (exact) mass is 364 g/mol. The average molecular weight is 364 g/mol. The molecule has 2 amide bonds. The minimum atomic E-state index is -0.808. The molecule has 0 saturated heterocycles. The number of benzene rings is 2. The van der Waals surface area contributed by atoms with Gasteiger partial charge in [0.1, 0.15) is 11.8 Å². The molecule has 0 aliphatic rings. The van der Waals surface area contributed by atoms with Crippen molar-refractivity contribution in [3.05, 3.63) is 84.1 Å². The van der Waals surface area contributed by atoms with Gasteiger partial charge in [-0.2, -0.15) is 0 Å². The van der Waals surface area contributed by atoms with E-state index in [0.29, 0.717) is 11.3 Å². The zero-order valence-corrected chi connectivity index (χ0v) is 15.1. The summed E-state index contributed by atoms with van der Waals surface area (Å²) in [6.45, 7) is 0. The van der Waals surface area contributed by atoms with Crippen molar-refractivity contribution in [2.24, 2.45) is 0 Å². The zero-order valence-electron chi connectivity index (χ0n) is 15.1. The van der Waals surface area contributed by atoms with Gasteiger partial charge in [0.2, 0.25) is 5.91 Å². The Balaban J connectivity index is 1.75. The summed E-state index contributed by atoms with van der Waals surface area (Å²) in [5.74, 6) is 0.127. The van der Waals surface area contributed by atoms with Crippen molar-refractivity contribution in [2.75, 3.05) is 14.1 Å². The predicted molar refractivity (Wildman–Crippen MR) is 101 cm³/mol. The summed E-state index contributed by atoms with van der Waals surface area (Å²) < 4.78 is 11.0. The smallest absolute Gasteiger partial charge is 0.290 e. The summed E-state index contributed by atoms with van der Waals surface area (Å²) in [5.41, 5.74) is 0.692. The predicted octanol–water partition coefficient (Wildman–Crippen LogP) is 3.63. The molecule has 0 fully saturated rings. The van der Waals surface area contributed by atoms with Crippen molar-refractivity contribution >= 4 is 11.8 Å². The standard InChI is InChI=1S/C21H20N2O4/c1-23(2)21(25)19(15-9-5-3-6-10-15)22-20(24)17-13-14-18(27-17)26-16-11-7-4-8-12-16/h3-14,19H,1-2H3,(H,22,24)/t19-/m0/s1. The molecule has 0 radical (unpaired) electrons. The van der Waals surface area contributed by atoms with Crippen LogP contribution in [0.15, 0.2) is 77.2 Å². The summed E-state index contributed by atoms with van der Waals surface area (Å²) in [5, 5.41) is 2.73. The first-order valence-corrected chi connectivity index (χ1v) is 8.44. The Morgan fingerprint density at radius 1 is 0.926 bits per heavy atom. The van der Waals surface area contributed by atoms with Gasteiger partial charge in [-0.05, 0) is 23.8 Å². The van der Waals surface area contributed by atoms with Crippen LogP contribution in [0.5, 0.6) is 11.7 Å². The molecule has 2 aromatic carbocycles. The molecule has 3 aromatic rings. The van der Waals surface area contributed by atoms with E-state index in [1.807, 2.05) is 36.4 Å². The van der Waals surface area contributed by atoms with Crippen LogP contribution < -0.4 is 10.1 Å². The first-order chi connectivity index (χ1) is 13.0. The number of furan rings is 1. The highest BCUT2D eigenvalue weighted by molar-refractivity contribution is 5.96. The lowest BCUT2D eigenvalue weighted by Crippen LogP contribution is -2.39. The average Bonchev–Trinajstić information content (AvgIpc) is 3.15. The lowest BCUT2D eigenvalue weighted by molar-refractivity contribution is -0.130. The summed E-state index contributed by atoms with van der Waals surface area (Å²) >= 11 is 0. The van der Waals surface area contributed by atoms with Gasteiger partial charge in [-0.1, -0.05) is 48.5 Å². The summed E-state index contributed by atoms with van der Waals surface area (Å²) in [4.78, 5) is 26.5. The quantitative estimate of drug-likeness (QED) is 0.725. The van der Waals surface area contributed by atoms with Gasteiger partial charge >= 0.3 is 0 Å². The van der Waals surface area contributed by atoms with Gasteiger partial charge in [-0.15, -0.1) is 0 Å². The molecular formula is C21H20N2O4. The summed E-state index contributed by atoms with van der Waals surface area (Å²) in [7, 11) is 3.28. The Bertz CT molecular complexity index is 904. The van der Waals surface area contributed by atoms with Crippen molar-refractivity contribution < 1.29 is 18.7 Å². The molecular weight excluding hydrogens is 344 g/mol. The van der Waals surface area contributed by atoms with Gasteiger partial charge in [-0.3, -0.25) is 9.59 Å². The maximum Gasteiger partial charge on any atom is 0.290 e. The highest BCUT2D eigenvalue weighted by Crippen LogP contribution is 2.24. The lowest BCUT2D eigenvalue weighted by Gasteiger charge is -2.21. The molecule has 1 aromatic heterocycles. The molecule has 0 bridgehead atoms. The molecule has 0 spiro atoms. The molecule has 0 unspecified atom stereocenters. The fourth-order valence-electron chi connectivity index (χ4n) is 2.50. The van der Waals surface area contributed by atoms with E-state index in [2.05, 4.69) is 5.32 Å². The molecule has 3 rings (SSSR count). The largest absolute Gasteiger partial charge is 0.426 e. The molecule has 1 heterocycles.